The number of benzene rings is 1. The van der Waals surface area contributed by atoms with E-state index in [0.29, 0.717) is 12.8 Å². The Morgan fingerprint density at radius 1 is 1.35 bits per heavy atom. The van der Waals surface area contributed by atoms with Gasteiger partial charge in [0.15, 0.2) is 6.61 Å². The lowest BCUT2D eigenvalue weighted by molar-refractivity contribution is -0.153. The molecule has 0 bridgehead atoms. The topological polar surface area (TPSA) is 64.4 Å². The zero-order valence-corrected chi connectivity index (χ0v) is 10.7. The lowest BCUT2D eigenvalue weighted by atomic mass is 10.1. The van der Waals surface area contributed by atoms with Crippen LogP contribution in [0, 0.1) is 5.41 Å². The van der Waals surface area contributed by atoms with Crippen LogP contribution < -0.4 is 15.8 Å². The maximum Gasteiger partial charge on any atom is 0.422 e. The summed E-state index contributed by atoms with van der Waals surface area (Å²) >= 11 is 0. The first-order valence-electron chi connectivity index (χ1n) is 6.16. The van der Waals surface area contributed by atoms with E-state index in [-0.39, 0.29) is 23.9 Å². The second kappa shape index (κ2) is 5.32. The number of carbonyl (C=O) groups excluding carboxylic acids is 1. The summed E-state index contributed by atoms with van der Waals surface area (Å²) in [5.74, 6) is -0.283. The number of amides is 1. The summed E-state index contributed by atoms with van der Waals surface area (Å²) < 4.78 is 41.2. The number of nitrogens with two attached hydrogens (primary N) is 1. The molecule has 7 heteroatoms. The van der Waals surface area contributed by atoms with Gasteiger partial charge in [-0.2, -0.15) is 13.2 Å². The summed E-state index contributed by atoms with van der Waals surface area (Å²) in [5.41, 5.74) is 5.19. The van der Waals surface area contributed by atoms with Crippen LogP contribution in [0.5, 0.6) is 5.75 Å². The molecular formula is C13H15F3N2O2. The van der Waals surface area contributed by atoms with E-state index in [1.54, 1.807) is 6.07 Å². The van der Waals surface area contributed by atoms with E-state index in [4.69, 9.17) is 10.5 Å². The molecule has 2 rings (SSSR count). The highest BCUT2D eigenvalue weighted by Crippen LogP contribution is 2.45. The average molecular weight is 288 g/mol. The van der Waals surface area contributed by atoms with Crippen molar-refractivity contribution in [3.8, 4) is 5.75 Å². The van der Waals surface area contributed by atoms with Crippen molar-refractivity contribution in [3.63, 3.8) is 0 Å². The van der Waals surface area contributed by atoms with Crippen molar-refractivity contribution in [2.24, 2.45) is 11.1 Å². The highest BCUT2D eigenvalue weighted by Gasteiger charge is 2.48. The molecule has 4 nitrogen and oxygen atoms in total. The van der Waals surface area contributed by atoms with Gasteiger partial charge in [-0.05, 0) is 25.0 Å². The number of carbonyl (C=O) groups is 1. The molecular weight excluding hydrogens is 273 g/mol. The number of para-hydroxylation sites is 2. The largest absolute Gasteiger partial charge is 0.482 e. The molecule has 0 heterocycles. The lowest BCUT2D eigenvalue weighted by Crippen LogP contribution is -2.31. The number of hydrogen-bond acceptors (Lipinski definition) is 3. The van der Waals surface area contributed by atoms with E-state index >= 15 is 0 Å². The van der Waals surface area contributed by atoms with Crippen molar-refractivity contribution in [3.05, 3.63) is 24.3 Å². The number of ether oxygens (including phenoxy) is 1. The Hall–Kier alpha value is -1.76. The second-order valence-electron chi connectivity index (χ2n) is 4.84. The number of anilines is 1. The molecule has 1 fully saturated rings. The van der Waals surface area contributed by atoms with Crippen molar-refractivity contribution in [2.45, 2.75) is 19.0 Å². The van der Waals surface area contributed by atoms with Gasteiger partial charge in [-0.15, -0.1) is 0 Å². The van der Waals surface area contributed by atoms with Gasteiger partial charge in [0.1, 0.15) is 5.75 Å². The third-order valence-corrected chi connectivity index (χ3v) is 3.25. The Bertz CT molecular complexity index is 499. The maximum absolute atomic E-state index is 12.2. The quantitative estimate of drug-likeness (QED) is 0.874. The summed E-state index contributed by atoms with van der Waals surface area (Å²) in [4.78, 5) is 12.0. The van der Waals surface area contributed by atoms with Gasteiger partial charge in [-0.25, -0.2) is 0 Å². The number of nitrogens with one attached hydrogen (secondary N) is 1. The van der Waals surface area contributed by atoms with Gasteiger partial charge >= 0.3 is 6.18 Å². The highest BCUT2D eigenvalue weighted by atomic mass is 19.4. The van der Waals surface area contributed by atoms with Gasteiger partial charge in [0.2, 0.25) is 5.91 Å². The molecule has 3 N–H and O–H groups in total. The normalized spacial score (nSPS) is 16.6. The second-order valence-corrected chi connectivity index (χ2v) is 4.84. The van der Waals surface area contributed by atoms with E-state index in [1.165, 1.54) is 18.2 Å². The fourth-order valence-corrected chi connectivity index (χ4v) is 1.79. The first kappa shape index (κ1) is 14.6. The Morgan fingerprint density at radius 3 is 2.55 bits per heavy atom. The Kier molecular flexibility index (Phi) is 3.89. The van der Waals surface area contributed by atoms with Crippen LogP contribution in [0.25, 0.3) is 0 Å². The average Bonchev–Trinajstić information content (AvgIpc) is 3.18. The maximum atomic E-state index is 12.2. The fourth-order valence-electron chi connectivity index (χ4n) is 1.79. The molecule has 1 saturated carbocycles. The van der Waals surface area contributed by atoms with Crippen LogP contribution in [-0.4, -0.2) is 25.2 Å². The lowest BCUT2D eigenvalue weighted by Gasteiger charge is -2.16. The third-order valence-electron chi connectivity index (χ3n) is 3.25. The number of alkyl halides is 3. The van der Waals surface area contributed by atoms with E-state index in [0.717, 1.165) is 0 Å². The van der Waals surface area contributed by atoms with E-state index < -0.39 is 18.2 Å². The predicted molar refractivity (Wildman–Crippen MR) is 67.3 cm³/mol. The predicted octanol–water partition coefficient (Wildman–Crippen LogP) is 2.31. The molecule has 0 spiro atoms. The minimum Gasteiger partial charge on any atom is -0.482 e. The Morgan fingerprint density at radius 2 is 2.00 bits per heavy atom. The van der Waals surface area contributed by atoms with Crippen molar-refractivity contribution >= 4 is 11.6 Å². The summed E-state index contributed by atoms with van der Waals surface area (Å²) in [5, 5.41) is 2.59. The Balaban J connectivity index is 2.06. The number of halogens is 3. The number of hydrogen-bond donors (Lipinski definition) is 2. The van der Waals surface area contributed by atoms with Crippen molar-refractivity contribution < 1.29 is 22.7 Å². The molecule has 0 unspecified atom stereocenters. The molecule has 1 aliphatic carbocycles. The third kappa shape index (κ3) is 3.41. The van der Waals surface area contributed by atoms with Crippen molar-refractivity contribution in [1.29, 1.82) is 0 Å². The van der Waals surface area contributed by atoms with Crippen LogP contribution in [0.3, 0.4) is 0 Å². The van der Waals surface area contributed by atoms with Gasteiger partial charge in [0.05, 0.1) is 11.1 Å². The number of rotatable bonds is 5. The Labute approximate surface area is 114 Å². The van der Waals surface area contributed by atoms with Gasteiger partial charge in [-0.3, -0.25) is 4.79 Å². The first-order chi connectivity index (χ1) is 9.36. The van der Waals surface area contributed by atoms with Gasteiger partial charge < -0.3 is 15.8 Å². The summed E-state index contributed by atoms with van der Waals surface area (Å²) in [6.07, 6.45) is -3.03. The van der Waals surface area contributed by atoms with Crippen molar-refractivity contribution in [2.75, 3.05) is 18.5 Å². The van der Waals surface area contributed by atoms with Crippen molar-refractivity contribution in [1.82, 2.24) is 0 Å². The van der Waals surface area contributed by atoms with E-state index in [9.17, 15) is 18.0 Å². The highest BCUT2D eigenvalue weighted by molar-refractivity contribution is 5.98. The molecule has 0 atom stereocenters. The summed E-state index contributed by atoms with van der Waals surface area (Å²) in [6.45, 7) is -1.17. The van der Waals surface area contributed by atoms with Crippen LogP contribution in [0.2, 0.25) is 0 Å². The zero-order chi connectivity index (χ0) is 14.8. The van der Waals surface area contributed by atoms with Gasteiger partial charge in [0.25, 0.3) is 0 Å². The molecule has 1 aromatic rings. The van der Waals surface area contributed by atoms with Gasteiger partial charge in [-0.1, -0.05) is 12.1 Å². The molecule has 1 aromatic carbocycles. The van der Waals surface area contributed by atoms with Crippen LogP contribution in [0.1, 0.15) is 12.8 Å². The van der Waals surface area contributed by atoms with Crippen LogP contribution in [0.4, 0.5) is 18.9 Å². The van der Waals surface area contributed by atoms with E-state index in [1.807, 2.05) is 0 Å². The zero-order valence-electron chi connectivity index (χ0n) is 10.7. The molecule has 110 valence electrons. The molecule has 0 radical (unpaired) electrons. The monoisotopic (exact) mass is 288 g/mol. The van der Waals surface area contributed by atoms with Gasteiger partial charge in [0, 0.05) is 6.54 Å². The summed E-state index contributed by atoms with van der Waals surface area (Å²) in [7, 11) is 0. The fraction of sp³-hybridized carbons (Fsp3) is 0.462. The van der Waals surface area contributed by atoms with Crippen LogP contribution in [0.15, 0.2) is 24.3 Å². The van der Waals surface area contributed by atoms with E-state index in [2.05, 4.69) is 5.32 Å². The van der Waals surface area contributed by atoms with Crippen LogP contribution >= 0.6 is 0 Å². The molecule has 1 amide bonds. The molecule has 0 aromatic heterocycles. The smallest absolute Gasteiger partial charge is 0.422 e. The standard InChI is InChI=1S/C13H15F3N2O2/c14-13(15,16)8-20-10-4-2-1-3-9(10)18-11(19)12(7-17)5-6-12/h1-4H,5-8,17H2,(H,18,19). The molecule has 1 aliphatic rings. The molecule has 0 saturated heterocycles. The SMILES string of the molecule is NCC1(C(=O)Nc2ccccc2OCC(F)(F)F)CC1. The van der Waals surface area contributed by atoms with Crippen LogP contribution in [-0.2, 0) is 4.79 Å². The minimum atomic E-state index is -4.42. The minimum absolute atomic E-state index is 0.00834. The first-order valence-corrected chi connectivity index (χ1v) is 6.16. The summed E-state index contributed by atoms with van der Waals surface area (Å²) in [6, 6.07) is 6.02. The molecule has 0 aliphatic heterocycles. The molecule has 20 heavy (non-hydrogen) atoms.